The van der Waals surface area contributed by atoms with E-state index in [9.17, 15) is 9.59 Å². The van der Waals surface area contributed by atoms with Gasteiger partial charge in [-0.2, -0.15) is 0 Å². The monoisotopic (exact) mass is 271 g/mol. The third kappa shape index (κ3) is 4.47. The summed E-state index contributed by atoms with van der Waals surface area (Å²) in [6.07, 6.45) is 2.01. The van der Waals surface area contributed by atoms with Crippen LogP contribution < -0.4 is 0 Å². The maximum atomic E-state index is 12.2. The van der Waals surface area contributed by atoms with Gasteiger partial charge in [-0.15, -0.1) is 0 Å². The van der Waals surface area contributed by atoms with Crippen LogP contribution in [0.2, 0.25) is 0 Å². The SMILES string of the molecule is O=C(O)CC1CN(C(=O)CC2CCOCC2)CCO1. The Bertz CT molecular complexity index is 327. The number of rotatable bonds is 4. The van der Waals surface area contributed by atoms with Gasteiger partial charge in [0.05, 0.1) is 19.1 Å². The number of hydrogen-bond acceptors (Lipinski definition) is 4. The maximum absolute atomic E-state index is 12.2. The maximum Gasteiger partial charge on any atom is 0.306 e. The molecule has 0 saturated carbocycles. The lowest BCUT2D eigenvalue weighted by molar-refractivity contribution is -0.148. The Balaban J connectivity index is 1.79. The number of hydrogen-bond donors (Lipinski definition) is 1. The van der Waals surface area contributed by atoms with E-state index in [1.165, 1.54) is 0 Å². The summed E-state index contributed by atoms with van der Waals surface area (Å²) in [5.41, 5.74) is 0. The third-order valence-corrected chi connectivity index (χ3v) is 3.70. The van der Waals surface area contributed by atoms with Gasteiger partial charge in [0.2, 0.25) is 5.91 Å². The van der Waals surface area contributed by atoms with Crippen molar-refractivity contribution >= 4 is 11.9 Å². The number of nitrogens with zero attached hydrogens (tertiary/aromatic N) is 1. The van der Waals surface area contributed by atoms with Gasteiger partial charge in [-0.1, -0.05) is 0 Å². The molecule has 0 aromatic heterocycles. The highest BCUT2D eigenvalue weighted by atomic mass is 16.5. The van der Waals surface area contributed by atoms with E-state index < -0.39 is 5.97 Å². The number of carboxylic acids is 1. The van der Waals surface area contributed by atoms with Crippen LogP contribution in [0.25, 0.3) is 0 Å². The smallest absolute Gasteiger partial charge is 0.306 e. The molecular weight excluding hydrogens is 250 g/mol. The van der Waals surface area contributed by atoms with Crippen molar-refractivity contribution in [1.29, 1.82) is 0 Å². The van der Waals surface area contributed by atoms with Crippen LogP contribution in [0.4, 0.5) is 0 Å². The molecule has 0 bridgehead atoms. The molecule has 0 aromatic carbocycles. The summed E-state index contributed by atoms with van der Waals surface area (Å²) in [4.78, 5) is 24.6. The topological polar surface area (TPSA) is 76.1 Å². The predicted octanol–water partition coefficient (Wildman–Crippen LogP) is 0.505. The van der Waals surface area contributed by atoms with Crippen LogP contribution in [-0.2, 0) is 19.1 Å². The standard InChI is InChI=1S/C13H21NO5/c15-12(7-10-1-4-18-5-2-10)14-3-6-19-11(9-14)8-13(16)17/h10-11H,1-9H2,(H,16,17). The van der Waals surface area contributed by atoms with Crippen molar-refractivity contribution in [3.63, 3.8) is 0 Å². The van der Waals surface area contributed by atoms with E-state index in [0.717, 1.165) is 26.1 Å². The van der Waals surface area contributed by atoms with E-state index in [1.807, 2.05) is 0 Å². The molecule has 6 nitrogen and oxygen atoms in total. The fourth-order valence-electron chi connectivity index (χ4n) is 2.59. The highest BCUT2D eigenvalue weighted by Gasteiger charge is 2.27. The zero-order valence-electron chi connectivity index (χ0n) is 11.0. The molecule has 2 aliphatic heterocycles. The first-order valence-electron chi connectivity index (χ1n) is 6.84. The number of aliphatic carboxylic acids is 1. The van der Waals surface area contributed by atoms with E-state index in [0.29, 0.717) is 32.0 Å². The predicted molar refractivity (Wildman–Crippen MR) is 66.7 cm³/mol. The number of carboxylic acid groups (broad SMARTS) is 1. The Labute approximate surface area is 112 Å². The average molecular weight is 271 g/mol. The van der Waals surface area contributed by atoms with Crippen molar-refractivity contribution in [3.05, 3.63) is 0 Å². The fraction of sp³-hybridized carbons (Fsp3) is 0.846. The van der Waals surface area contributed by atoms with Crippen molar-refractivity contribution in [2.45, 2.75) is 31.8 Å². The molecule has 1 amide bonds. The largest absolute Gasteiger partial charge is 0.481 e. The van der Waals surface area contributed by atoms with Crippen molar-refractivity contribution in [2.24, 2.45) is 5.92 Å². The normalized spacial score (nSPS) is 25.3. The minimum Gasteiger partial charge on any atom is -0.481 e. The first-order chi connectivity index (χ1) is 9.15. The molecule has 6 heteroatoms. The number of amides is 1. The van der Waals surface area contributed by atoms with Crippen molar-refractivity contribution < 1.29 is 24.2 Å². The summed E-state index contributed by atoms with van der Waals surface area (Å²) in [5, 5.41) is 8.75. The molecule has 2 saturated heterocycles. The molecule has 2 heterocycles. The minimum atomic E-state index is -0.885. The van der Waals surface area contributed by atoms with Gasteiger partial charge in [0.25, 0.3) is 0 Å². The number of carbonyl (C=O) groups is 2. The summed E-state index contributed by atoms with van der Waals surface area (Å²) in [6.45, 7) is 2.87. The van der Waals surface area contributed by atoms with E-state index in [2.05, 4.69) is 0 Å². The van der Waals surface area contributed by atoms with Gasteiger partial charge in [-0.3, -0.25) is 9.59 Å². The lowest BCUT2D eigenvalue weighted by Gasteiger charge is -2.33. The summed E-state index contributed by atoms with van der Waals surface area (Å²) in [7, 11) is 0. The quantitative estimate of drug-likeness (QED) is 0.806. The van der Waals surface area contributed by atoms with Gasteiger partial charge in [0.1, 0.15) is 0 Å². The van der Waals surface area contributed by atoms with Crippen molar-refractivity contribution in [2.75, 3.05) is 32.9 Å². The highest BCUT2D eigenvalue weighted by molar-refractivity contribution is 5.76. The van der Waals surface area contributed by atoms with Crippen molar-refractivity contribution in [3.8, 4) is 0 Å². The number of carbonyl (C=O) groups excluding carboxylic acids is 1. The summed E-state index contributed by atoms with van der Waals surface area (Å²) < 4.78 is 10.6. The van der Waals surface area contributed by atoms with Crippen LogP contribution in [0.1, 0.15) is 25.7 Å². The fourth-order valence-corrected chi connectivity index (χ4v) is 2.59. The molecule has 0 spiro atoms. The highest BCUT2D eigenvalue weighted by Crippen LogP contribution is 2.20. The summed E-state index contributed by atoms with van der Waals surface area (Å²) in [6, 6.07) is 0. The minimum absolute atomic E-state index is 0.0406. The first kappa shape index (κ1) is 14.3. The second kappa shape index (κ2) is 6.86. The lowest BCUT2D eigenvalue weighted by atomic mass is 9.96. The summed E-state index contributed by atoms with van der Waals surface area (Å²) in [5.74, 6) is -0.365. The summed E-state index contributed by atoms with van der Waals surface area (Å²) >= 11 is 0. The van der Waals surface area contributed by atoms with Gasteiger partial charge in [0, 0.05) is 32.7 Å². The van der Waals surface area contributed by atoms with Gasteiger partial charge in [0.15, 0.2) is 0 Å². The van der Waals surface area contributed by atoms with Crippen LogP contribution in [0.15, 0.2) is 0 Å². The van der Waals surface area contributed by atoms with E-state index in [-0.39, 0.29) is 18.4 Å². The van der Waals surface area contributed by atoms with Gasteiger partial charge in [-0.25, -0.2) is 0 Å². The lowest BCUT2D eigenvalue weighted by Crippen LogP contribution is -2.46. The zero-order valence-corrected chi connectivity index (χ0v) is 11.0. The van der Waals surface area contributed by atoms with Gasteiger partial charge < -0.3 is 19.5 Å². The van der Waals surface area contributed by atoms with Crippen LogP contribution >= 0.6 is 0 Å². The van der Waals surface area contributed by atoms with Gasteiger partial charge >= 0.3 is 5.97 Å². The molecule has 19 heavy (non-hydrogen) atoms. The Hall–Kier alpha value is -1.14. The molecule has 0 aromatic rings. The first-order valence-corrected chi connectivity index (χ1v) is 6.84. The van der Waals surface area contributed by atoms with Crippen LogP contribution in [-0.4, -0.2) is 60.9 Å². The zero-order chi connectivity index (χ0) is 13.7. The van der Waals surface area contributed by atoms with E-state index in [4.69, 9.17) is 14.6 Å². The molecule has 1 unspecified atom stereocenters. The molecule has 2 aliphatic rings. The number of ether oxygens (including phenoxy) is 2. The molecule has 1 N–H and O–H groups in total. The Morgan fingerprint density at radius 3 is 2.58 bits per heavy atom. The Morgan fingerprint density at radius 1 is 1.16 bits per heavy atom. The number of morpholine rings is 1. The Kier molecular flexibility index (Phi) is 5.15. The molecule has 0 radical (unpaired) electrons. The van der Waals surface area contributed by atoms with Crippen molar-refractivity contribution in [1.82, 2.24) is 4.90 Å². The Morgan fingerprint density at radius 2 is 1.89 bits per heavy atom. The molecule has 2 rings (SSSR count). The molecule has 0 aliphatic carbocycles. The van der Waals surface area contributed by atoms with Gasteiger partial charge in [-0.05, 0) is 18.8 Å². The third-order valence-electron chi connectivity index (χ3n) is 3.70. The molecule has 1 atom stereocenters. The van der Waals surface area contributed by atoms with E-state index >= 15 is 0 Å². The molecule has 2 fully saturated rings. The second-order valence-electron chi connectivity index (χ2n) is 5.19. The van der Waals surface area contributed by atoms with Crippen LogP contribution in [0.3, 0.4) is 0 Å². The van der Waals surface area contributed by atoms with E-state index in [1.54, 1.807) is 4.90 Å². The molecular formula is C13H21NO5. The average Bonchev–Trinajstić information content (AvgIpc) is 2.39. The van der Waals surface area contributed by atoms with Crippen LogP contribution in [0, 0.1) is 5.92 Å². The van der Waals surface area contributed by atoms with Crippen LogP contribution in [0.5, 0.6) is 0 Å². The second-order valence-corrected chi connectivity index (χ2v) is 5.19. The molecule has 108 valence electrons.